The number of amides is 2. The number of nitrogens with zero attached hydrogens (tertiary/aromatic N) is 1. The zero-order valence-electron chi connectivity index (χ0n) is 8.78. The van der Waals surface area contributed by atoms with Crippen LogP contribution < -0.4 is 0 Å². The largest absolute Gasteiger partial charge is 0.452 e. The Morgan fingerprint density at radius 1 is 1.36 bits per heavy atom. The second-order valence-corrected chi connectivity index (χ2v) is 3.78. The summed E-state index contributed by atoms with van der Waals surface area (Å²) in [6.45, 7) is 0. The molecule has 0 N–H and O–H groups in total. The molecule has 1 aliphatic rings. The van der Waals surface area contributed by atoms with Crippen molar-refractivity contribution < 1.29 is 14.3 Å². The third-order valence-corrected chi connectivity index (χ3v) is 2.76. The average molecular weight is 199 g/mol. The molecule has 0 aliphatic heterocycles. The van der Waals surface area contributed by atoms with Crippen LogP contribution in [-0.2, 0) is 9.53 Å². The SMILES string of the molecule is COC(=O)N(C)C(=O)CC1CCCC1. The van der Waals surface area contributed by atoms with Crippen LogP contribution in [0.1, 0.15) is 32.1 Å². The first kappa shape index (κ1) is 11.0. The van der Waals surface area contributed by atoms with Gasteiger partial charge in [0.05, 0.1) is 7.11 Å². The lowest BCUT2D eigenvalue weighted by molar-refractivity contribution is -0.129. The Labute approximate surface area is 84.2 Å². The number of carbonyl (C=O) groups is 2. The molecule has 2 amide bonds. The summed E-state index contributed by atoms with van der Waals surface area (Å²) >= 11 is 0. The molecule has 0 atom stereocenters. The van der Waals surface area contributed by atoms with Gasteiger partial charge in [-0.15, -0.1) is 0 Å². The van der Waals surface area contributed by atoms with Crippen molar-refractivity contribution >= 4 is 12.0 Å². The smallest absolute Gasteiger partial charge is 0.415 e. The predicted octanol–water partition coefficient (Wildman–Crippen LogP) is 1.79. The molecule has 0 aromatic rings. The van der Waals surface area contributed by atoms with Crippen LogP contribution in [0.2, 0.25) is 0 Å². The monoisotopic (exact) mass is 199 g/mol. The Bertz CT molecular complexity index is 221. The Morgan fingerprint density at radius 2 is 1.93 bits per heavy atom. The van der Waals surface area contributed by atoms with Crippen molar-refractivity contribution in [3.05, 3.63) is 0 Å². The summed E-state index contributed by atoms with van der Waals surface area (Å²) in [4.78, 5) is 23.6. The molecule has 4 nitrogen and oxygen atoms in total. The van der Waals surface area contributed by atoms with Crippen LogP contribution in [0, 0.1) is 5.92 Å². The molecule has 1 aliphatic carbocycles. The first-order chi connectivity index (χ1) is 6.65. The first-order valence-corrected chi connectivity index (χ1v) is 4.99. The molecule has 1 fully saturated rings. The lowest BCUT2D eigenvalue weighted by Gasteiger charge is -2.15. The van der Waals surface area contributed by atoms with E-state index in [4.69, 9.17) is 0 Å². The summed E-state index contributed by atoms with van der Waals surface area (Å²) in [7, 11) is 2.74. The van der Waals surface area contributed by atoms with Gasteiger partial charge in [0.1, 0.15) is 0 Å². The molecule has 0 saturated heterocycles. The van der Waals surface area contributed by atoms with Gasteiger partial charge in [0.15, 0.2) is 0 Å². The minimum Gasteiger partial charge on any atom is -0.452 e. The van der Waals surface area contributed by atoms with E-state index in [0.29, 0.717) is 12.3 Å². The Balaban J connectivity index is 2.36. The minimum atomic E-state index is -0.576. The number of methoxy groups -OCH3 is 1. The van der Waals surface area contributed by atoms with E-state index in [-0.39, 0.29) is 5.91 Å². The van der Waals surface area contributed by atoms with Crippen molar-refractivity contribution in [2.24, 2.45) is 5.92 Å². The van der Waals surface area contributed by atoms with E-state index in [1.165, 1.54) is 27.0 Å². The molecule has 0 aromatic carbocycles. The van der Waals surface area contributed by atoms with Crippen molar-refractivity contribution in [2.75, 3.05) is 14.2 Å². The zero-order valence-corrected chi connectivity index (χ0v) is 8.78. The maximum atomic E-state index is 11.5. The van der Waals surface area contributed by atoms with Gasteiger partial charge in [-0.3, -0.25) is 9.69 Å². The molecule has 0 spiro atoms. The van der Waals surface area contributed by atoms with E-state index >= 15 is 0 Å². The second kappa shape index (κ2) is 4.98. The Kier molecular flexibility index (Phi) is 3.92. The van der Waals surface area contributed by atoms with Crippen LogP contribution in [0.5, 0.6) is 0 Å². The van der Waals surface area contributed by atoms with Gasteiger partial charge in [-0.25, -0.2) is 4.79 Å². The molecule has 0 aromatic heterocycles. The van der Waals surface area contributed by atoms with Crippen LogP contribution in [0.3, 0.4) is 0 Å². The van der Waals surface area contributed by atoms with Gasteiger partial charge in [-0.05, 0) is 18.8 Å². The molecule has 1 rings (SSSR count). The number of hydrogen-bond acceptors (Lipinski definition) is 3. The first-order valence-electron chi connectivity index (χ1n) is 4.99. The van der Waals surface area contributed by atoms with Crippen molar-refractivity contribution in [2.45, 2.75) is 32.1 Å². The van der Waals surface area contributed by atoms with Gasteiger partial charge < -0.3 is 4.74 Å². The summed E-state index contributed by atoms with van der Waals surface area (Å²) < 4.78 is 4.46. The van der Waals surface area contributed by atoms with Crippen LogP contribution in [0.4, 0.5) is 4.79 Å². The van der Waals surface area contributed by atoms with E-state index in [1.54, 1.807) is 0 Å². The maximum absolute atomic E-state index is 11.5. The second-order valence-electron chi connectivity index (χ2n) is 3.78. The summed E-state index contributed by atoms with van der Waals surface area (Å²) in [6, 6.07) is 0. The lowest BCUT2D eigenvalue weighted by Crippen LogP contribution is -2.33. The lowest BCUT2D eigenvalue weighted by atomic mass is 10.0. The predicted molar refractivity (Wildman–Crippen MR) is 51.8 cm³/mol. The van der Waals surface area contributed by atoms with E-state index in [2.05, 4.69) is 4.74 Å². The Morgan fingerprint density at radius 3 is 2.43 bits per heavy atom. The Hall–Kier alpha value is -1.06. The van der Waals surface area contributed by atoms with Crippen molar-refractivity contribution in [3.8, 4) is 0 Å². The highest BCUT2D eigenvalue weighted by Gasteiger charge is 2.23. The van der Waals surface area contributed by atoms with Crippen molar-refractivity contribution in [3.63, 3.8) is 0 Å². The fourth-order valence-electron chi connectivity index (χ4n) is 1.84. The van der Waals surface area contributed by atoms with Crippen molar-refractivity contribution in [1.82, 2.24) is 4.90 Å². The quantitative estimate of drug-likeness (QED) is 0.681. The van der Waals surface area contributed by atoms with Crippen LogP contribution in [-0.4, -0.2) is 31.1 Å². The molecule has 0 heterocycles. The molecule has 0 bridgehead atoms. The third-order valence-electron chi connectivity index (χ3n) is 2.76. The van der Waals surface area contributed by atoms with Gasteiger partial charge in [-0.2, -0.15) is 0 Å². The minimum absolute atomic E-state index is 0.135. The van der Waals surface area contributed by atoms with E-state index in [1.807, 2.05) is 0 Å². The van der Waals surface area contributed by atoms with E-state index < -0.39 is 6.09 Å². The molecule has 1 saturated carbocycles. The van der Waals surface area contributed by atoms with Gasteiger partial charge >= 0.3 is 6.09 Å². The molecule has 4 heteroatoms. The molecule has 80 valence electrons. The summed E-state index contributed by atoms with van der Waals surface area (Å²) in [5, 5.41) is 0. The molecule has 0 radical (unpaired) electrons. The third kappa shape index (κ3) is 2.72. The maximum Gasteiger partial charge on any atom is 0.415 e. The molecule has 14 heavy (non-hydrogen) atoms. The average Bonchev–Trinajstić information content (AvgIpc) is 2.68. The number of carbonyl (C=O) groups excluding carboxylic acids is 2. The highest BCUT2D eigenvalue weighted by molar-refractivity contribution is 5.91. The highest BCUT2D eigenvalue weighted by atomic mass is 16.5. The number of hydrogen-bond donors (Lipinski definition) is 0. The fraction of sp³-hybridized carbons (Fsp3) is 0.800. The van der Waals surface area contributed by atoms with Gasteiger partial charge in [-0.1, -0.05) is 12.8 Å². The number of ether oxygens (including phenoxy) is 1. The van der Waals surface area contributed by atoms with Crippen molar-refractivity contribution in [1.29, 1.82) is 0 Å². The fourth-order valence-corrected chi connectivity index (χ4v) is 1.84. The summed E-state index contributed by atoms with van der Waals surface area (Å²) in [6.07, 6.45) is 4.54. The van der Waals surface area contributed by atoms with Crippen LogP contribution in [0.15, 0.2) is 0 Å². The number of rotatable bonds is 2. The van der Waals surface area contributed by atoms with Crippen LogP contribution >= 0.6 is 0 Å². The van der Waals surface area contributed by atoms with Gasteiger partial charge in [0.25, 0.3) is 0 Å². The summed E-state index contributed by atoms with van der Waals surface area (Å²) in [5.74, 6) is 0.332. The van der Waals surface area contributed by atoms with E-state index in [9.17, 15) is 9.59 Å². The molecular weight excluding hydrogens is 182 g/mol. The standard InChI is InChI=1S/C10H17NO3/c1-11(10(13)14-2)9(12)7-8-5-3-4-6-8/h8H,3-7H2,1-2H3. The van der Waals surface area contributed by atoms with Gasteiger partial charge in [0.2, 0.25) is 5.91 Å². The highest BCUT2D eigenvalue weighted by Crippen LogP contribution is 2.27. The number of imide groups is 1. The topological polar surface area (TPSA) is 46.6 Å². The van der Waals surface area contributed by atoms with Gasteiger partial charge in [0, 0.05) is 13.5 Å². The molecular formula is C10H17NO3. The zero-order chi connectivity index (χ0) is 10.6. The molecule has 0 unspecified atom stereocenters. The van der Waals surface area contributed by atoms with E-state index in [0.717, 1.165) is 17.7 Å². The summed E-state index contributed by atoms with van der Waals surface area (Å²) in [5.41, 5.74) is 0. The van der Waals surface area contributed by atoms with Crippen LogP contribution in [0.25, 0.3) is 0 Å². The normalized spacial score (nSPS) is 16.7.